The van der Waals surface area contributed by atoms with Gasteiger partial charge in [0.2, 0.25) is 5.91 Å². The lowest BCUT2D eigenvalue weighted by Gasteiger charge is -2.35. The van der Waals surface area contributed by atoms with E-state index in [1.165, 1.54) is 4.68 Å². The number of hydrogen-bond donors (Lipinski definition) is 1. The summed E-state index contributed by atoms with van der Waals surface area (Å²) < 4.78 is 1.84. The van der Waals surface area contributed by atoms with E-state index in [1.54, 1.807) is 13.2 Å². The fraction of sp³-hybridized carbons (Fsp3) is 0.615. The lowest BCUT2D eigenvalue weighted by Crippen LogP contribution is -2.50. The molecule has 1 saturated heterocycles. The second-order valence-electron chi connectivity index (χ2n) is 4.99. The normalized spacial score (nSPS) is 16.0. The molecule has 1 aliphatic rings. The van der Waals surface area contributed by atoms with E-state index in [2.05, 4.69) is 36.1 Å². The van der Waals surface area contributed by atoms with Gasteiger partial charge in [0.25, 0.3) is 5.56 Å². The van der Waals surface area contributed by atoms with Crippen molar-refractivity contribution >= 4 is 27.5 Å². The zero-order valence-electron chi connectivity index (χ0n) is 12.3. The van der Waals surface area contributed by atoms with E-state index < -0.39 is 0 Å². The molecule has 2 heterocycles. The number of aromatic nitrogens is 2. The summed E-state index contributed by atoms with van der Waals surface area (Å²) in [5.74, 6) is 0.0578. The summed E-state index contributed by atoms with van der Waals surface area (Å²) in [4.78, 5) is 27.7. The Morgan fingerprint density at radius 2 is 2.05 bits per heavy atom. The Kier molecular flexibility index (Phi) is 5.35. The SMILES string of the molecule is CCNC(=O)CN1CCN(c2cnn(C)c(=O)c2Br)CC1. The molecule has 1 fully saturated rings. The molecule has 0 aromatic carbocycles. The highest BCUT2D eigenvalue weighted by molar-refractivity contribution is 9.10. The number of likely N-dealkylation sites (N-methyl/N-ethyl adjacent to an activating group) is 1. The van der Waals surface area contributed by atoms with Crippen LogP contribution in [0.25, 0.3) is 0 Å². The lowest BCUT2D eigenvalue weighted by atomic mass is 10.3. The van der Waals surface area contributed by atoms with Gasteiger partial charge >= 0.3 is 0 Å². The monoisotopic (exact) mass is 357 g/mol. The van der Waals surface area contributed by atoms with Crippen LogP contribution in [0.3, 0.4) is 0 Å². The number of carbonyl (C=O) groups is 1. The van der Waals surface area contributed by atoms with Crippen LogP contribution in [0, 0.1) is 0 Å². The molecular weight excluding hydrogens is 338 g/mol. The minimum Gasteiger partial charge on any atom is -0.367 e. The smallest absolute Gasteiger partial charge is 0.282 e. The van der Waals surface area contributed by atoms with E-state index in [0.717, 1.165) is 31.9 Å². The van der Waals surface area contributed by atoms with Crippen molar-refractivity contribution in [3.05, 3.63) is 21.0 Å². The average Bonchev–Trinajstić information content (AvgIpc) is 2.46. The predicted molar refractivity (Wildman–Crippen MR) is 84.5 cm³/mol. The summed E-state index contributed by atoms with van der Waals surface area (Å²) >= 11 is 3.35. The highest BCUT2D eigenvalue weighted by Gasteiger charge is 2.21. The highest BCUT2D eigenvalue weighted by Crippen LogP contribution is 2.22. The van der Waals surface area contributed by atoms with Crippen LogP contribution in [0.15, 0.2) is 15.5 Å². The van der Waals surface area contributed by atoms with Gasteiger partial charge in [0, 0.05) is 39.8 Å². The summed E-state index contributed by atoms with van der Waals surface area (Å²) in [6.45, 7) is 6.12. The number of amides is 1. The van der Waals surface area contributed by atoms with Gasteiger partial charge < -0.3 is 10.2 Å². The number of aryl methyl sites for hydroxylation is 1. The summed E-state index contributed by atoms with van der Waals surface area (Å²) in [6.07, 6.45) is 1.70. The summed E-state index contributed by atoms with van der Waals surface area (Å²) in [5.41, 5.74) is 0.674. The molecule has 0 spiro atoms. The number of halogens is 1. The van der Waals surface area contributed by atoms with Gasteiger partial charge in [0.05, 0.1) is 18.4 Å². The fourth-order valence-electron chi connectivity index (χ4n) is 2.33. The number of rotatable bonds is 4. The summed E-state index contributed by atoms with van der Waals surface area (Å²) in [7, 11) is 1.63. The maximum Gasteiger partial charge on any atom is 0.282 e. The Labute approximate surface area is 132 Å². The Balaban J connectivity index is 1.97. The molecule has 0 unspecified atom stereocenters. The molecule has 0 aliphatic carbocycles. The van der Waals surface area contributed by atoms with Crippen LogP contribution in [0.5, 0.6) is 0 Å². The first-order valence-corrected chi connectivity index (χ1v) is 7.78. The predicted octanol–water partition coefficient (Wildman–Crippen LogP) is -0.199. The van der Waals surface area contributed by atoms with Crippen LogP contribution in [-0.2, 0) is 11.8 Å². The minimum atomic E-state index is -0.141. The van der Waals surface area contributed by atoms with Crippen molar-refractivity contribution < 1.29 is 4.79 Å². The average molecular weight is 358 g/mol. The maximum absolute atomic E-state index is 11.9. The lowest BCUT2D eigenvalue weighted by molar-refractivity contribution is -0.122. The molecule has 2 rings (SSSR count). The number of nitrogens with zero attached hydrogens (tertiary/aromatic N) is 4. The van der Waals surface area contributed by atoms with Crippen LogP contribution in [0.1, 0.15) is 6.92 Å². The van der Waals surface area contributed by atoms with E-state index in [1.807, 2.05) is 6.92 Å². The molecule has 1 N–H and O–H groups in total. The van der Waals surface area contributed by atoms with Crippen molar-refractivity contribution in [1.29, 1.82) is 0 Å². The zero-order valence-corrected chi connectivity index (χ0v) is 13.9. The second-order valence-corrected chi connectivity index (χ2v) is 5.78. The largest absolute Gasteiger partial charge is 0.367 e. The quantitative estimate of drug-likeness (QED) is 0.808. The van der Waals surface area contributed by atoms with Crippen LogP contribution < -0.4 is 15.8 Å². The van der Waals surface area contributed by atoms with Gasteiger partial charge in [-0.25, -0.2) is 4.68 Å². The molecule has 8 heteroatoms. The number of nitrogens with one attached hydrogen (secondary N) is 1. The molecule has 21 heavy (non-hydrogen) atoms. The van der Waals surface area contributed by atoms with Crippen molar-refractivity contribution in [2.24, 2.45) is 7.05 Å². The molecule has 0 atom stereocenters. The Morgan fingerprint density at radius 1 is 1.38 bits per heavy atom. The van der Waals surface area contributed by atoms with Gasteiger partial charge in [-0.05, 0) is 22.9 Å². The molecule has 7 nitrogen and oxygen atoms in total. The van der Waals surface area contributed by atoms with Gasteiger partial charge in [0.15, 0.2) is 0 Å². The van der Waals surface area contributed by atoms with Crippen molar-refractivity contribution in [1.82, 2.24) is 20.0 Å². The first-order chi connectivity index (χ1) is 10.0. The number of carbonyl (C=O) groups excluding carboxylic acids is 1. The van der Waals surface area contributed by atoms with Crippen molar-refractivity contribution in [2.45, 2.75) is 6.92 Å². The van der Waals surface area contributed by atoms with Gasteiger partial charge in [-0.15, -0.1) is 0 Å². The number of hydrogen-bond acceptors (Lipinski definition) is 5. The molecule has 0 saturated carbocycles. The molecule has 1 aromatic heterocycles. The summed E-state index contributed by atoms with van der Waals surface area (Å²) in [6, 6.07) is 0. The second kappa shape index (κ2) is 7.04. The Bertz CT molecular complexity index is 566. The third-order valence-electron chi connectivity index (χ3n) is 3.51. The van der Waals surface area contributed by atoms with E-state index in [-0.39, 0.29) is 11.5 Å². The standard InChI is InChI=1S/C13H20BrN5O2/c1-3-15-11(20)9-18-4-6-19(7-5-18)10-8-16-17(2)13(21)12(10)14/h8H,3-7,9H2,1-2H3,(H,15,20). The van der Waals surface area contributed by atoms with Crippen LogP contribution in [0.4, 0.5) is 5.69 Å². The third kappa shape index (κ3) is 3.82. The molecule has 0 radical (unpaired) electrons. The van der Waals surface area contributed by atoms with E-state index in [9.17, 15) is 9.59 Å². The fourth-order valence-corrected chi connectivity index (χ4v) is 2.94. The molecule has 1 aromatic rings. The van der Waals surface area contributed by atoms with Gasteiger partial charge in [-0.2, -0.15) is 5.10 Å². The van der Waals surface area contributed by atoms with E-state index in [4.69, 9.17) is 0 Å². The van der Waals surface area contributed by atoms with Gasteiger partial charge in [-0.3, -0.25) is 14.5 Å². The summed E-state index contributed by atoms with van der Waals surface area (Å²) in [5, 5.41) is 6.86. The third-order valence-corrected chi connectivity index (χ3v) is 4.26. The van der Waals surface area contributed by atoms with Crippen LogP contribution in [0.2, 0.25) is 0 Å². The number of piperazine rings is 1. The Morgan fingerprint density at radius 3 is 2.67 bits per heavy atom. The van der Waals surface area contributed by atoms with Gasteiger partial charge in [0.1, 0.15) is 4.47 Å². The van der Waals surface area contributed by atoms with Gasteiger partial charge in [-0.1, -0.05) is 0 Å². The first kappa shape index (κ1) is 16.0. The minimum absolute atomic E-state index is 0.0578. The van der Waals surface area contributed by atoms with Crippen molar-refractivity contribution in [2.75, 3.05) is 44.2 Å². The molecular formula is C13H20BrN5O2. The topological polar surface area (TPSA) is 70.5 Å². The molecule has 1 amide bonds. The van der Waals surface area contributed by atoms with E-state index in [0.29, 0.717) is 17.6 Å². The molecule has 0 bridgehead atoms. The number of anilines is 1. The zero-order chi connectivity index (χ0) is 15.4. The highest BCUT2D eigenvalue weighted by atomic mass is 79.9. The Hall–Kier alpha value is -1.41. The van der Waals surface area contributed by atoms with Crippen molar-refractivity contribution in [3.63, 3.8) is 0 Å². The molecule has 1 aliphatic heterocycles. The first-order valence-electron chi connectivity index (χ1n) is 6.98. The van der Waals surface area contributed by atoms with Crippen molar-refractivity contribution in [3.8, 4) is 0 Å². The van der Waals surface area contributed by atoms with Crippen LogP contribution in [-0.4, -0.2) is 59.9 Å². The van der Waals surface area contributed by atoms with E-state index >= 15 is 0 Å². The molecule has 116 valence electrons. The maximum atomic E-state index is 11.9. The van der Waals surface area contributed by atoms with Crippen LogP contribution >= 0.6 is 15.9 Å².